The second-order valence-corrected chi connectivity index (χ2v) is 7.63. The van der Waals surface area contributed by atoms with Gasteiger partial charge in [0.05, 0.1) is 5.41 Å². The molecule has 0 fully saturated rings. The van der Waals surface area contributed by atoms with Gasteiger partial charge in [0.25, 0.3) is 0 Å². The second-order valence-electron chi connectivity index (χ2n) is 7.63. The largest absolute Gasteiger partial charge is 0.508 e. The Bertz CT molecular complexity index is 793. The maximum Gasteiger partial charge on any atom is 0.326 e. The number of carbonyl (C=O) groups excluding carboxylic acids is 2. The molecule has 0 saturated carbocycles. The number of phenolic OH excluding ortho intramolecular Hbond substituents is 1. The molecular weight excluding hydrogens is 380 g/mol. The summed E-state index contributed by atoms with van der Waals surface area (Å²) in [4.78, 5) is 47.8. The van der Waals surface area contributed by atoms with E-state index >= 15 is 0 Å². The number of hydrogen-bond acceptors (Lipinski definition) is 5. The summed E-state index contributed by atoms with van der Waals surface area (Å²) in [6, 6.07) is 3.15. The van der Waals surface area contributed by atoms with Crippen LogP contribution in [0.1, 0.15) is 46.1 Å². The van der Waals surface area contributed by atoms with Gasteiger partial charge in [-0.3, -0.25) is 14.4 Å². The third-order valence-corrected chi connectivity index (χ3v) is 4.54. The highest BCUT2D eigenvalue weighted by Gasteiger charge is 2.35. The summed E-state index contributed by atoms with van der Waals surface area (Å²) in [6.07, 6.45) is -0.785. The van der Waals surface area contributed by atoms with E-state index in [1.54, 1.807) is 27.7 Å². The molecule has 0 aliphatic rings. The minimum atomic E-state index is -1.46. The van der Waals surface area contributed by atoms with E-state index in [1.807, 2.05) is 0 Å². The summed E-state index contributed by atoms with van der Waals surface area (Å²) in [5, 5.41) is 30.2. The highest BCUT2D eigenvalue weighted by atomic mass is 16.4. The average molecular weight is 409 g/mol. The summed E-state index contributed by atoms with van der Waals surface area (Å²) < 4.78 is 8.30. The molecule has 0 radical (unpaired) electrons. The number of aliphatic carboxylic acids is 2. The van der Waals surface area contributed by atoms with Gasteiger partial charge in [-0.25, -0.2) is 4.79 Å². The van der Waals surface area contributed by atoms with Gasteiger partial charge in [-0.2, -0.15) is 0 Å². The first-order chi connectivity index (χ1) is 13.8. The lowest BCUT2D eigenvalue weighted by Gasteiger charge is -2.29. The number of rotatable bonds is 10. The quantitative estimate of drug-likeness (QED) is 0.390. The number of benzene rings is 1. The smallest absolute Gasteiger partial charge is 0.326 e. The van der Waals surface area contributed by atoms with E-state index in [-0.39, 0.29) is 12.2 Å². The van der Waals surface area contributed by atoms with Crippen LogP contribution < -0.4 is 10.6 Å². The van der Waals surface area contributed by atoms with Crippen molar-refractivity contribution in [2.45, 2.75) is 58.0 Å². The van der Waals surface area contributed by atoms with Crippen molar-refractivity contribution in [3.8, 4) is 5.75 Å². The molecule has 2 atom stereocenters. The van der Waals surface area contributed by atoms with Gasteiger partial charge in [0.2, 0.25) is 11.8 Å². The first-order valence-electron chi connectivity index (χ1n) is 9.60. The predicted molar refractivity (Wildman–Crippen MR) is 104 cm³/mol. The fourth-order valence-electron chi connectivity index (χ4n) is 2.58. The van der Waals surface area contributed by atoms with E-state index in [1.165, 1.54) is 24.3 Å². The van der Waals surface area contributed by atoms with Crippen molar-refractivity contribution < 1.29 is 35.9 Å². The number of amides is 2. The van der Waals surface area contributed by atoms with Crippen LogP contribution in [0.5, 0.6) is 5.75 Å². The van der Waals surface area contributed by atoms with E-state index < -0.39 is 53.6 Å². The second kappa shape index (κ2) is 9.90. The maximum atomic E-state index is 13.0. The fourth-order valence-corrected chi connectivity index (χ4v) is 2.58. The topological polar surface area (TPSA) is 153 Å². The van der Waals surface area contributed by atoms with Crippen LogP contribution in [-0.2, 0) is 24.6 Å². The monoisotopic (exact) mass is 409 g/mol. The molecule has 0 aromatic heterocycles. The number of carbonyl (C=O) groups is 4. The van der Waals surface area contributed by atoms with E-state index in [0.29, 0.717) is 10.9 Å². The molecule has 0 aliphatic carbocycles. The third-order valence-electron chi connectivity index (χ3n) is 4.54. The van der Waals surface area contributed by atoms with Crippen molar-refractivity contribution in [1.82, 2.24) is 10.6 Å². The Morgan fingerprint density at radius 3 is 2.10 bits per heavy atom. The molecule has 0 saturated heterocycles. The summed E-state index contributed by atoms with van der Waals surface area (Å²) in [5.74, 6) is -4.66. The Balaban J connectivity index is 3.07. The van der Waals surface area contributed by atoms with Gasteiger partial charge in [-0.1, -0.05) is 26.0 Å². The van der Waals surface area contributed by atoms with Gasteiger partial charge >= 0.3 is 11.9 Å². The van der Waals surface area contributed by atoms with Crippen molar-refractivity contribution in [3.63, 3.8) is 0 Å². The lowest BCUT2D eigenvalue weighted by atomic mass is 9.83. The molecule has 9 heteroatoms. The van der Waals surface area contributed by atoms with Gasteiger partial charge in [0, 0.05) is 6.42 Å². The van der Waals surface area contributed by atoms with Crippen molar-refractivity contribution in [2.75, 3.05) is 0 Å². The zero-order chi connectivity index (χ0) is 23.2. The molecule has 160 valence electrons. The van der Waals surface area contributed by atoms with Gasteiger partial charge in [0.1, 0.15) is 17.8 Å². The van der Waals surface area contributed by atoms with Crippen LogP contribution >= 0.6 is 0 Å². The summed E-state index contributed by atoms with van der Waals surface area (Å²) >= 11 is 0. The van der Waals surface area contributed by atoms with Crippen LogP contribution in [0.25, 0.3) is 0 Å². The van der Waals surface area contributed by atoms with Gasteiger partial charge in [0.15, 0.2) is 1.41 Å². The molecule has 1 rings (SSSR count). The van der Waals surface area contributed by atoms with Crippen LogP contribution in [0.15, 0.2) is 24.3 Å². The minimum absolute atomic E-state index is 0.0187. The van der Waals surface area contributed by atoms with E-state index in [9.17, 15) is 29.4 Å². The molecular formula is C20H28N2O7. The fraction of sp³-hybridized carbons (Fsp3) is 0.500. The summed E-state index contributed by atoms with van der Waals surface area (Å²) in [6.45, 7) is 6.37. The molecule has 0 unspecified atom stereocenters. The molecule has 0 aliphatic heterocycles. The number of carboxylic acid groups (broad SMARTS) is 2. The number of carboxylic acids is 2. The Hall–Kier alpha value is -3.10. The van der Waals surface area contributed by atoms with Gasteiger partial charge < -0.3 is 25.9 Å². The minimum Gasteiger partial charge on any atom is -0.508 e. The van der Waals surface area contributed by atoms with E-state index in [4.69, 9.17) is 6.52 Å². The van der Waals surface area contributed by atoms with E-state index in [2.05, 4.69) is 5.32 Å². The standard InChI is InChI=1S/C20H28N2O7/c1-11(2)16(17(26)21-14(18(27)28)9-10-15(24)25)22-19(29)20(3,4)12-5-7-13(23)8-6-12/h5-8,11,14,16,23H,9-10H2,1-4H3,(H,21,26)(H,22,29)(H,24,25)(H,27,28)/t14-,16-/m0/s1/i/hD. The lowest BCUT2D eigenvalue weighted by molar-refractivity contribution is -0.143. The molecule has 0 heterocycles. The third kappa shape index (κ3) is 6.78. The molecule has 1 aromatic carbocycles. The first-order valence-corrected chi connectivity index (χ1v) is 9.16. The highest BCUT2D eigenvalue weighted by molar-refractivity contribution is 5.94. The number of phenols is 1. The number of nitrogens with one attached hydrogen (secondary N) is 2. The van der Waals surface area contributed by atoms with Crippen LogP contribution in [0.2, 0.25) is 1.41 Å². The Morgan fingerprint density at radius 1 is 1.10 bits per heavy atom. The average Bonchev–Trinajstić information content (AvgIpc) is 2.64. The Labute approximate surface area is 170 Å². The summed E-state index contributed by atoms with van der Waals surface area (Å²) in [5.41, 5.74) is -0.673. The predicted octanol–water partition coefficient (Wildman–Crippen LogP) is 1.24. The maximum absolute atomic E-state index is 13.0. The Kier molecular flexibility index (Phi) is 7.58. The zero-order valence-electron chi connectivity index (χ0n) is 17.9. The normalized spacial score (nSPS) is 13.9. The van der Waals surface area contributed by atoms with Crippen molar-refractivity contribution in [1.29, 1.82) is 0 Å². The first kappa shape index (κ1) is 22.2. The zero-order valence-corrected chi connectivity index (χ0v) is 16.9. The van der Waals surface area contributed by atoms with Crippen LogP contribution in [-0.4, -0.2) is 51.2 Å². The van der Waals surface area contributed by atoms with E-state index in [0.717, 1.165) is 0 Å². The molecule has 0 bridgehead atoms. The van der Waals surface area contributed by atoms with Crippen molar-refractivity contribution >= 4 is 23.8 Å². The van der Waals surface area contributed by atoms with Crippen LogP contribution in [0.4, 0.5) is 0 Å². The van der Waals surface area contributed by atoms with Crippen molar-refractivity contribution in [3.05, 3.63) is 29.8 Å². The molecule has 5 N–H and O–H groups in total. The van der Waals surface area contributed by atoms with Crippen molar-refractivity contribution in [2.24, 2.45) is 5.92 Å². The summed E-state index contributed by atoms with van der Waals surface area (Å²) in [7, 11) is 0. The van der Waals surface area contributed by atoms with Gasteiger partial charge in [-0.05, 0) is 43.9 Å². The Morgan fingerprint density at radius 2 is 1.66 bits per heavy atom. The number of aromatic hydroxyl groups is 1. The molecule has 29 heavy (non-hydrogen) atoms. The molecule has 1 aromatic rings. The molecule has 2 amide bonds. The van der Waals surface area contributed by atoms with Crippen LogP contribution in [0.3, 0.4) is 0 Å². The van der Waals surface area contributed by atoms with Crippen LogP contribution in [0, 0.1) is 5.92 Å². The molecule has 0 spiro atoms. The molecule has 9 nitrogen and oxygen atoms in total. The highest BCUT2D eigenvalue weighted by Crippen LogP contribution is 2.25. The SMILES string of the molecule is [2H]N(C(=O)C(C)(C)c1ccc(O)cc1)[C@H](C(=O)N[C@@H](CCC(=O)O)C(=O)O)C(C)C. The lowest BCUT2D eigenvalue weighted by Crippen LogP contribution is -2.56. The van der Waals surface area contributed by atoms with Gasteiger partial charge in [-0.15, -0.1) is 0 Å². The number of hydrogen-bond donors (Lipinski definition) is 5.